The smallest absolute Gasteiger partial charge is 0.139 e. The van der Waals surface area contributed by atoms with Crippen LogP contribution in [0, 0.1) is 11.8 Å². The third-order valence-electron chi connectivity index (χ3n) is 1.30. The topological polar surface area (TPSA) is 59.1 Å². The summed E-state index contributed by atoms with van der Waals surface area (Å²) in [7, 11) is 0. The van der Waals surface area contributed by atoms with Crippen LogP contribution in [0.4, 0.5) is 5.82 Å². The van der Waals surface area contributed by atoms with Gasteiger partial charge < -0.3 is 10.8 Å². The van der Waals surface area contributed by atoms with E-state index in [0.29, 0.717) is 11.4 Å². The van der Waals surface area contributed by atoms with Crippen LogP contribution in [-0.4, -0.2) is 16.2 Å². The zero-order chi connectivity index (χ0) is 9.84. The average molecular weight is 241 g/mol. The Labute approximate surface area is 85.1 Å². The van der Waals surface area contributed by atoms with Gasteiger partial charge in [0, 0.05) is 10.7 Å². The summed E-state index contributed by atoms with van der Waals surface area (Å²) < 4.78 is 0.816. The van der Waals surface area contributed by atoms with Crippen LogP contribution in [0.3, 0.4) is 0 Å². The first-order valence-electron chi connectivity index (χ1n) is 3.70. The lowest BCUT2D eigenvalue weighted by Crippen LogP contribution is -1.96. The number of nitrogens with two attached hydrogens (primary N) is 1. The lowest BCUT2D eigenvalue weighted by atomic mass is 10.2. The first kappa shape index (κ1) is 10.0. The largest absolute Gasteiger partial charge is 0.383 e. The van der Waals surface area contributed by atoms with E-state index in [1.807, 2.05) is 0 Å². The normalized spacial score (nSPS) is 11.6. The quantitative estimate of drug-likeness (QED) is 0.670. The summed E-state index contributed by atoms with van der Waals surface area (Å²) in [6.45, 7) is 1.59. The van der Waals surface area contributed by atoms with E-state index in [4.69, 9.17) is 10.8 Å². The number of aromatic nitrogens is 1. The average Bonchev–Trinajstić information content (AvgIpc) is 2.06. The molecule has 0 radical (unpaired) electrons. The summed E-state index contributed by atoms with van der Waals surface area (Å²) in [4.78, 5) is 3.90. The van der Waals surface area contributed by atoms with E-state index in [-0.39, 0.29) is 0 Å². The Balaban J connectivity index is 3.02. The number of anilines is 1. The van der Waals surface area contributed by atoms with Crippen molar-refractivity contribution in [1.82, 2.24) is 4.98 Å². The molecular formula is C9H9BrN2O. The molecule has 1 rings (SSSR count). The molecule has 0 unspecified atom stereocenters. The predicted octanol–water partition coefficient (Wildman–Crippen LogP) is 1.16. The molecule has 1 aromatic heterocycles. The van der Waals surface area contributed by atoms with E-state index in [0.717, 1.165) is 4.47 Å². The fraction of sp³-hybridized carbons (Fsp3) is 0.222. The molecule has 0 bridgehead atoms. The van der Waals surface area contributed by atoms with E-state index in [2.05, 4.69) is 32.8 Å². The molecule has 0 aliphatic heterocycles. The molecule has 0 saturated heterocycles. The lowest BCUT2D eigenvalue weighted by molar-refractivity contribution is 0.253. The van der Waals surface area contributed by atoms with E-state index < -0.39 is 6.10 Å². The van der Waals surface area contributed by atoms with Gasteiger partial charge in [0.1, 0.15) is 11.9 Å². The molecule has 0 spiro atoms. The first-order chi connectivity index (χ1) is 6.09. The molecule has 3 N–H and O–H groups in total. The van der Waals surface area contributed by atoms with Crippen molar-refractivity contribution in [3.05, 3.63) is 22.3 Å². The van der Waals surface area contributed by atoms with Crippen LogP contribution in [0.15, 0.2) is 16.7 Å². The van der Waals surface area contributed by atoms with Crippen molar-refractivity contribution in [1.29, 1.82) is 0 Å². The number of rotatable bonds is 0. The molecule has 1 aromatic rings. The summed E-state index contributed by atoms with van der Waals surface area (Å²) in [6, 6.07) is 1.76. The minimum atomic E-state index is -0.654. The molecule has 4 heteroatoms. The molecule has 3 nitrogen and oxygen atoms in total. The van der Waals surface area contributed by atoms with E-state index in [1.54, 1.807) is 19.2 Å². The van der Waals surface area contributed by atoms with Crippen LogP contribution < -0.4 is 5.73 Å². The third kappa shape index (κ3) is 3.05. The Hall–Kier alpha value is -1.05. The molecule has 0 fully saturated rings. The van der Waals surface area contributed by atoms with Gasteiger partial charge in [-0.1, -0.05) is 11.8 Å². The minimum Gasteiger partial charge on any atom is -0.383 e. The number of aliphatic hydroxyl groups is 1. The van der Waals surface area contributed by atoms with Gasteiger partial charge in [0.2, 0.25) is 0 Å². The number of nitrogen functional groups attached to an aromatic ring is 1. The van der Waals surface area contributed by atoms with Crippen LogP contribution >= 0.6 is 15.9 Å². The highest BCUT2D eigenvalue weighted by atomic mass is 79.9. The Bertz CT molecular complexity index is 366. The van der Waals surface area contributed by atoms with Crippen LogP contribution in [0.5, 0.6) is 0 Å². The standard InChI is InChI=1S/C9H9BrN2O/c1-6(13)2-3-7-4-8(10)5-12-9(7)11/h4-6,13H,1H3,(H2,11,12)/t6-/m0/s1. The highest BCUT2D eigenvalue weighted by Crippen LogP contribution is 2.13. The number of pyridine rings is 1. The van der Waals surface area contributed by atoms with Crippen molar-refractivity contribution < 1.29 is 5.11 Å². The van der Waals surface area contributed by atoms with Gasteiger partial charge in [-0.2, -0.15) is 0 Å². The summed E-state index contributed by atoms with van der Waals surface area (Å²) in [6.07, 6.45) is 0.946. The summed E-state index contributed by atoms with van der Waals surface area (Å²) >= 11 is 3.25. The van der Waals surface area contributed by atoms with E-state index in [9.17, 15) is 0 Å². The minimum absolute atomic E-state index is 0.372. The number of hydrogen-bond acceptors (Lipinski definition) is 3. The summed E-state index contributed by atoms with van der Waals surface area (Å²) in [5, 5.41) is 8.93. The number of hydrogen-bond donors (Lipinski definition) is 2. The molecule has 0 aromatic carbocycles. The third-order valence-corrected chi connectivity index (χ3v) is 1.73. The van der Waals surface area contributed by atoms with Gasteiger partial charge in [-0.3, -0.25) is 0 Å². The van der Waals surface area contributed by atoms with Crippen LogP contribution in [0.25, 0.3) is 0 Å². The highest BCUT2D eigenvalue weighted by molar-refractivity contribution is 9.10. The molecule has 13 heavy (non-hydrogen) atoms. The van der Waals surface area contributed by atoms with E-state index >= 15 is 0 Å². The summed E-state index contributed by atoms with van der Waals surface area (Å²) in [5.74, 6) is 5.70. The Morgan fingerprint density at radius 3 is 3.00 bits per heavy atom. The maximum atomic E-state index is 8.93. The fourth-order valence-electron chi connectivity index (χ4n) is 0.732. The molecule has 0 aliphatic rings. The van der Waals surface area contributed by atoms with Gasteiger partial charge in [-0.15, -0.1) is 0 Å². The number of halogens is 1. The molecule has 1 atom stereocenters. The highest BCUT2D eigenvalue weighted by Gasteiger charge is 1.97. The molecular weight excluding hydrogens is 232 g/mol. The second-order valence-electron chi connectivity index (χ2n) is 2.53. The number of nitrogens with zero attached hydrogens (tertiary/aromatic N) is 1. The Morgan fingerprint density at radius 2 is 2.38 bits per heavy atom. The van der Waals surface area contributed by atoms with Crippen molar-refractivity contribution in [2.75, 3.05) is 5.73 Å². The van der Waals surface area contributed by atoms with Crippen LogP contribution in [0.1, 0.15) is 12.5 Å². The zero-order valence-corrected chi connectivity index (χ0v) is 8.67. The predicted molar refractivity (Wildman–Crippen MR) is 54.9 cm³/mol. The molecule has 0 saturated carbocycles. The van der Waals surface area contributed by atoms with Crippen molar-refractivity contribution in [3.63, 3.8) is 0 Å². The Morgan fingerprint density at radius 1 is 1.69 bits per heavy atom. The van der Waals surface area contributed by atoms with Gasteiger partial charge in [-0.05, 0) is 28.9 Å². The van der Waals surface area contributed by atoms with E-state index in [1.165, 1.54) is 0 Å². The zero-order valence-electron chi connectivity index (χ0n) is 7.08. The number of aliphatic hydroxyl groups excluding tert-OH is 1. The van der Waals surface area contributed by atoms with Crippen molar-refractivity contribution >= 4 is 21.7 Å². The second kappa shape index (κ2) is 4.26. The SMILES string of the molecule is C[C@H](O)C#Cc1cc(Br)cnc1N. The maximum Gasteiger partial charge on any atom is 0.139 e. The van der Waals surface area contributed by atoms with Crippen LogP contribution in [-0.2, 0) is 0 Å². The van der Waals surface area contributed by atoms with Gasteiger partial charge in [0.25, 0.3) is 0 Å². The summed E-state index contributed by atoms with van der Waals surface area (Å²) in [5.41, 5.74) is 6.18. The van der Waals surface area contributed by atoms with Gasteiger partial charge >= 0.3 is 0 Å². The second-order valence-corrected chi connectivity index (χ2v) is 3.45. The van der Waals surface area contributed by atoms with Crippen molar-refractivity contribution in [2.24, 2.45) is 0 Å². The molecule has 0 aliphatic carbocycles. The van der Waals surface area contributed by atoms with Gasteiger partial charge in [-0.25, -0.2) is 4.98 Å². The molecule has 0 amide bonds. The molecule has 68 valence electrons. The molecule has 1 heterocycles. The van der Waals surface area contributed by atoms with Gasteiger partial charge in [0.15, 0.2) is 0 Å². The Kier molecular flexibility index (Phi) is 3.29. The maximum absolute atomic E-state index is 8.93. The monoisotopic (exact) mass is 240 g/mol. The van der Waals surface area contributed by atoms with Gasteiger partial charge in [0.05, 0.1) is 5.56 Å². The fourth-order valence-corrected chi connectivity index (χ4v) is 1.06. The van der Waals surface area contributed by atoms with Crippen molar-refractivity contribution in [3.8, 4) is 11.8 Å². The van der Waals surface area contributed by atoms with Crippen LogP contribution in [0.2, 0.25) is 0 Å². The lowest BCUT2D eigenvalue weighted by Gasteiger charge is -1.97. The van der Waals surface area contributed by atoms with Crippen molar-refractivity contribution in [2.45, 2.75) is 13.0 Å². The first-order valence-corrected chi connectivity index (χ1v) is 4.49.